The van der Waals surface area contributed by atoms with E-state index >= 15 is 0 Å². The zero-order valence-electron chi connectivity index (χ0n) is 13.0. The molecule has 0 spiro atoms. The van der Waals surface area contributed by atoms with Crippen molar-refractivity contribution in [2.45, 2.75) is 26.3 Å². The van der Waals surface area contributed by atoms with Gasteiger partial charge in [-0.05, 0) is 23.6 Å². The second-order valence-corrected chi connectivity index (χ2v) is 5.09. The Bertz CT molecular complexity index is 599. The molecule has 112 valence electrons. The van der Waals surface area contributed by atoms with Gasteiger partial charge in [0.2, 0.25) is 0 Å². The fourth-order valence-corrected chi connectivity index (χ4v) is 2.25. The van der Waals surface area contributed by atoms with E-state index in [1.807, 2.05) is 25.2 Å². The largest absolute Gasteiger partial charge is 0.497 e. The molecule has 0 atom stereocenters. The van der Waals surface area contributed by atoms with Crippen molar-refractivity contribution < 1.29 is 4.74 Å². The second-order valence-electron chi connectivity index (χ2n) is 5.09. The predicted molar refractivity (Wildman–Crippen MR) is 86.0 cm³/mol. The Morgan fingerprint density at radius 1 is 1.19 bits per heavy atom. The molecule has 5 nitrogen and oxygen atoms in total. The number of nitrogens with one attached hydrogen (secondary N) is 2. The first-order chi connectivity index (χ1) is 10.2. The van der Waals surface area contributed by atoms with Crippen molar-refractivity contribution in [1.29, 1.82) is 0 Å². The predicted octanol–water partition coefficient (Wildman–Crippen LogP) is 3.26. The van der Waals surface area contributed by atoms with Gasteiger partial charge in [0.15, 0.2) is 0 Å². The van der Waals surface area contributed by atoms with Crippen molar-refractivity contribution in [2.24, 2.45) is 0 Å². The molecule has 2 aromatic rings. The van der Waals surface area contributed by atoms with Crippen LogP contribution in [0.1, 0.15) is 30.9 Å². The summed E-state index contributed by atoms with van der Waals surface area (Å²) in [5, 5.41) is 6.51. The fraction of sp³-hybridized carbons (Fsp3) is 0.375. The molecular formula is C16H22N4O. The van der Waals surface area contributed by atoms with Crippen LogP contribution in [0.25, 0.3) is 0 Å². The molecule has 1 heterocycles. The summed E-state index contributed by atoms with van der Waals surface area (Å²) in [6.07, 6.45) is 1.58. The summed E-state index contributed by atoms with van der Waals surface area (Å²) in [5.41, 5.74) is 2.25. The van der Waals surface area contributed by atoms with E-state index in [4.69, 9.17) is 4.74 Å². The average molecular weight is 286 g/mol. The molecule has 0 aliphatic heterocycles. The zero-order chi connectivity index (χ0) is 15.2. The number of hydrogen-bond acceptors (Lipinski definition) is 5. The number of rotatable bonds is 6. The Labute approximate surface area is 125 Å². The third-order valence-electron chi connectivity index (χ3n) is 3.29. The van der Waals surface area contributed by atoms with Crippen molar-refractivity contribution in [2.75, 3.05) is 24.8 Å². The van der Waals surface area contributed by atoms with E-state index in [0.29, 0.717) is 12.5 Å². The molecule has 0 bridgehead atoms. The van der Waals surface area contributed by atoms with Gasteiger partial charge < -0.3 is 15.4 Å². The highest BCUT2D eigenvalue weighted by Gasteiger charge is 2.13. The van der Waals surface area contributed by atoms with Crippen LogP contribution in [0.4, 0.5) is 11.6 Å². The van der Waals surface area contributed by atoms with Crippen LogP contribution in [0, 0.1) is 0 Å². The first-order valence-corrected chi connectivity index (χ1v) is 7.05. The Kier molecular flexibility index (Phi) is 4.98. The highest BCUT2D eigenvalue weighted by molar-refractivity contribution is 5.58. The minimum Gasteiger partial charge on any atom is -0.497 e. The molecule has 0 aliphatic carbocycles. The van der Waals surface area contributed by atoms with Gasteiger partial charge >= 0.3 is 0 Å². The number of nitrogens with zero attached hydrogens (tertiary/aromatic N) is 2. The van der Waals surface area contributed by atoms with Crippen LogP contribution in [-0.2, 0) is 6.54 Å². The maximum Gasteiger partial charge on any atom is 0.135 e. The van der Waals surface area contributed by atoms with Gasteiger partial charge in [-0.15, -0.1) is 0 Å². The van der Waals surface area contributed by atoms with E-state index in [-0.39, 0.29) is 0 Å². The first kappa shape index (κ1) is 15.1. The van der Waals surface area contributed by atoms with Gasteiger partial charge in [0, 0.05) is 19.2 Å². The standard InChI is InChI=1S/C16H22N4O/c1-11(2)14-15(17-3)19-10-20-16(14)18-9-12-6-5-7-13(8-12)21-4/h5-8,10-11H,9H2,1-4H3,(H2,17,18,19,20). The number of benzene rings is 1. The molecule has 5 heteroatoms. The van der Waals surface area contributed by atoms with Gasteiger partial charge in [-0.25, -0.2) is 9.97 Å². The molecule has 1 aromatic carbocycles. The molecule has 0 radical (unpaired) electrons. The minimum atomic E-state index is 0.335. The van der Waals surface area contributed by atoms with Crippen molar-refractivity contribution in [3.8, 4) is 5.75 Å². The monoisotopic (exact) mass is 286 g/mol. The van der Waals surface area contributed by atoms with Crippen LogP contribution >= 0.6 is 0 Å². The minimum absolute atomic E-state index is 0.335. The molecular weight excluding hydrogens is 264 g/mol. The second kappa shape index (κ2) is 6.92. The summed E-state index contributed by atoms with van der Waals surface area (Å²) in [5.74, 6) is 2.93. The maximum absolute atomic E-state index is 5.24. The molecule has 0 saturated heterocycles. The Morgan fingerprint density at radius 3 is 2.62 bits per heavy atom. The topological polar surface area (TPSA) is 59.1 Å². The number of aromatic nitrogens is 2. The maximum atomic E-state index is 5.24. The van der Waals surface area contributed by atoms with E-state index in [2.05, 4.69) is 40.5 Å². The van der Waals surface area contributed by atoms with Gasteiger partial charge in [-0.1, -0.05) is 26.0 Å². The van der Waals surface area contributed by atoms with Crippen molar-refractivity contribution in [3.05, 3.63) is 41.7 Å². The van der Waals surface area contributed by atoms with E-state index in [1.165, 1.54) is 0 Å². The Hall–Kier alpha value is -2.30. The third-order valence-corrected chi connectivity index (χ3v) is 3.29. The number of anilines is 2. The smallest absolute Gasteiger partial charge is 0.135 e. The first-order valence-electron chi connectivity index (χ1n) is 7.05. The zero-order valence-corrected chi connectivity index (χ0v) is 13.0. The molecule has 2 N–H and O–H groups in total. The Balaban J connectivity index is 2.19. The lowest BCUT2D eigenvalue weighted by atomic mass is 10.0. The molecule has 2 rings (SSSR count). The van der Waals surface area contributed by atoms with Crippen molar-refractivity contribution in [1.82, 2.24) is 9.97 Å². The van der Waals surface area contributed by atoms with Gasteiger partial charge in [0.1, 0.15) is 23.7 Å². The van der Waals surface area contributed by atoms with Gasteiger partial charge in [-0.2, -0.15) is 0 Å². The van der Waals surface area contributed by atoms with Crippen LogP contribution in [-0.4, -0.2) is 24.1 Å². The molecule has 0 unspecified atom stereocenters. The molecule has 0 fully saturated rings. The van der Waals surface area contributed by atoms with Crippen LogP contribution in [0.2, 0.25) is 0 Å². The molecule has 0 saturated carbocycles. The van der Waals surface area contributed by atoms with Crippen LogP contribution in [0.15, 0.2) is 30.6 Å². The van der Waals surface area contributed by atoms with E-state index < -0.39 is 0 Å². The lowest BCUT2D eigenvalue weighted by Crippen LogP contribution is -2.09. The van der Waals surface area contributed by atoms with Gasteiger partial charge in [0.05, 0.1) is 7.11 Å². The Morgan fingerprint density at radius 2 is 1.95 bits per heavy atom. The van der Waals surface area contributed by atoms with Gasteiger partial charge in [0.25, 0.3) is 0 Å². The fourth-order valence-electron chi connectivity index (χ4n) is 2.25. The van der Waals surface area contributed by atoms with Crippen molar-refractivity contribution >= 4 is 11.6 Å². The van der Waals surface area contributed by atoms with E-state index in [0.717, 1.165) is 28.5 Å². The molecule has 1 aromatic heterocycles. The number of hydrogen-bond donors (Lipinski definition) is 2. The lowest BCUT2D eigenvalue weighted by Gasteiger charge is -2.16. The van der Waals surface area contributed by atoms with Crippen molar-refractivity contribution in [3.63, 3.8) is 0 Å². The lowest BCUT2D eigenvalue weighted by molar-refractivity contribution is 0.414. The van der Waals surface area contributed by atoms with Crippen LogP contribution < -0.4 is 15.4 Å². The summed E-state index contributed by atoms with van der Waals surface area (Å²) < 4.78 is 5.24. The molecule has 0 aliphatic rings. The number of methoxy groups -OCH3 is 1. The summed E-state index contributed by atoms with van der Waals surface area (Å²) in [7, 11) is 3.55. The normalized spacial score (nSPS) is 10.5. The van der Waals surface area contributed by atoms with E-state index in [1.54, 1.807) is 13.4 Å². The SMILES string of the molecule is CNc1ncnc(NCc2cccc(OC)c2)c1C(C)C. The summed E-state index contributed by atoms with van der Waals surface area (Å²) in [4.78, 5) is 8.65. The summed E-state index contributed by atoms with van der Waals surface area (Å²) in [6, 6.07) is 8.00. The van der Waals surface area contributed by atoms with Crippen LogP contribution in [0.3, 0.4) is 0 Å². The van der Waals surface area contributed by atoms with Crippen LogP contribution in [0.5, 0.6) is 5.75 Å². The van der Waals surface area contributed by atoms with E-state index in [9.17, 15) is 0 Å². The number of ether oxygens (including phenoxy) is 1. The highest BCUT2D eigenvalue weighted by Crippen LogP contribution is 2.28. The quantitative estimate of drug-likeness (QED) is 0.853. The highest BCUT2D eigenvalue weighted by atomic mass is 16.5. The molecule has 21 heavy (non-hydrogen) atoms. The average Bonchev–Trinajstić information content (AvgIpc) is 2.52. The summed E-state index contributed by atoms with van der Waals surface area (Å²) in [6.45, 7) is 4.96. The van der Waals surface area contributed by atoms with Gasteiger partial charge in [-0.3, -0.25) is 0 Å². The molecule has 0 amide bonds. The summed E-state index contributed by atoms with van der Waals surface area (Å²) >= 11 is 0. The third kappa shape index (κ3) is 3.62.